The summed E-state index contributed by atoms with van der Waals surface area (Å²) in [6.45, 7) is 2.33. The zero-order valence-corrected chi connectivity index (χ0v) is 15.1. The molecule has 7 heteroatoms. The highest BCUT2D eigenvalue weighted by atomic mass is 35.5. The van der Waals surface area contributed by atoms with Gasteiger partial charge in [0.05, 0.1) is 30.1 Å². The Morgan fingerprint density at radius 1 is 1.42 bits per heavy atom. The van der Waals surface area contributed by atoms with Crippen LogP contribution >= 0.6 is 11.6 Å². The molecule has 1 unspecified atom stereocenters. The largest absolute Gasteiger partial charge is 0.492 e. The Morgan fingerprint density at radius 2 is 2.23 bits per heavy atom. The van der Waals surface area contributed by atoms with Crippen LogP contribution in [0.1, 0.15) is 34.9 Å². The summed E-state index contributed by atoms with van der Waals surface area (Å²) in [6, 6.07) is 6.96. The topological polar surface area (TPSA) is 55.6 Å². The number of carbonyl (C=O) groups excluding carboxylic acids is 1. The number of hydrogen-bond donors (Lipinski definition) is 1. The number of rotatable bonds is 2. The number of carbonyl (C=O) groups is 1. The molecule has 0 radical (unpaired) electrons. The Bertz CT molecular complexity index is 1010. The molecule has 1 aliphatic rings. The van der Waals surface area contributed by atoms with Crippen molar-refractivity contribution in [2.24, 2.45) is 0 Å². The van der Waals surface area contributed by atoms with E-state index in [9.17, 15) is 9.18 Å². The molecule has 1 aliphatic heterocycles. The lowest BCUT2D eigenvalue weighted by molar-refractivity contribution is -0.121. The van der Waals surface area contributed by atoms with Crippen molar-refractivity contribution in [3.05, 3.63) is 63.8 Å². The molecule has 0 bridgehead atoms. The summed E-state index contributed by atoms with van der Waals surface area (Å²) in [7, 11) is 1.37. The first-order valence-corrected chi connectivity index (χ1v) is 8.63. The maximum Gasteiger partial charge on any atom is 0.221 e. The van der Waals surface area contributed by atoms with Gasteiger partial charge in [0.1, 0.15) is 5.65 Å². The van der Waals surface area contributed by atoms with E-state index in [1.54, 1.807) is 6.07 Å². The average Bonchev–Trinajstić information content (AvgIpc) is 2.89. The molecule has 5 nitrogen and oxygen atoms in total. The van der Waals surface area contributed by atoms with Crippen molar-refractivity contribution in [3.8, 4) is 5.75 Å². The molecule has 4 rings (SSSR count). The van der Waals surface area contributed by atoms with E-state index in [-0.39, 0.29) is 29.0 Å². The Morgan fingerprint density at radius 3 is 2.96 bits per heavy atom. The molecule has 0 aliphatic carbocycles. The van der Waals surface area contributed by atoms with Crippen LogP contribution in [0.2, 0.25) is 5.02 Å². The van der Waals surface area contributed by atoms with Crippen molar-refractivity contribution in [1.82, 2.24) is 14.7 Å². The number of pyridine rings is 1. The van der Waals surface area contributed by atoms with Crippen molar-refractivity contribution in [3.63, 3.8) is 0 Å². The smallest absolute Gasteiger partial charge is 0.221 e. The van der Waals surface area contributed by atoms with E-state index in [0.29, 0.717) is 12.1 Å². The molecule has 0 saturated heterocycles. The summed E-state index contributed by atoms with van der Waals surface area (Å²) in [5, 5.41) is 3.05. The van der Waals surface area contributed by atoms with Crippen LogP contribution in [0.25, 0.3) is 5.65 Å². The first-order valence-electron chi connectivity index (χ1n) is 8.25. The van der Waals surface area contributed by atoms with E-state index in [0.717, 1.165) is 22.6 Å². The first-order chi connectivity index (χ1) is 12.5. The average molecular weight is 374 g/mol. The molecular formula is C19H17ClFN3O2. The van der Waals surface area contributed by atoms with Gasteiger partial charge >= 0.3 is 0 Å². The van der Waals surface area contributed by atoms with Crippen molar-refractivity contribution in [1.29, 1.82) is 0 Å². The summed E-state index contributed by atoms with van der Waals surface area (Å²) >= 11 is 6.19. The van der Waals surface area contributed by atoms with Crippen LogP contribution in [0, 0.1) is 12.7 Å². The van der Waals surface area contributed by atoms with Crippen LogP contribution in [0.15, 0.2) is 30.5 Å². The molecular weight excluding hydrogens is 357 g/mol. The van der Waals surface area contributed by atoms with Gasteiger partial charge < -0.3 is 14.5 Å². The predicted molar refractivity (Wildman–Crippen MR) is 96.2 cm³/mol. The third-order valence-electron chi connectivity index (χ3n) is 4.76. The van der Waals surface area contributed by atoms with Crippen molar-refractivity contribution < 1.29 is 13.9 Å². The van der Waals surface area contributed by atoms with Gasteiger partial charge in [-0.05, 0) is 36.2 Å². The third-order valence-corrected chi connectivity index (χ3v) is 5.04. The Labute approximate surface area is 154 Å². The maximum absolute atomic E-state index is 14.4. The number of ether oxygens (including phenoxy) is 1. The maximum atomic E-state index is 14.4. The SMILES string of the molecule is COc1c(F)cc(C2CC(=O)NCc3nc4c(C)cccn4c32)cc1Cl. The number of nitrogens with one attached hydrogen (secondary N) is 1. The number of imidazole rings is 1. The Kier molecular flexibility index (Phi) is 4.07. The van der Waals surface area contributed by atoms with Crippen molar-refractivity contribution in [2.45, 2.75) is 25.8 Å². The molecule has 2 aromatic heterocycles. The number of fused-ring (bicyclic) bond motifs is 3. The standard InChI is InChI=1S/C19H17ClFN3O2/c1-10-4-3-5-24-17-12(8-16(25)22-9-15(17)23-19(10)24)11-6-13(20)18(26-2)14(21)7-11/h3-7,12H,8-9H2,1-2H3,(H,22,25). The normalized spacial score (nSPS) is 16.9. The van der Waals surface area contributed by atoms with Gasteiger partial charge in [0.25, 0.3) is 0 Å². The fourth-order valence-electron chi connectivity index (χ4n) is 3.56. The number of benzene rings is 1. The van der Waals surface area contributed by atoms with Gasteiger partial charge in [-0.25, -0.2) is 9.37 Å². The second kappa shape index (κ2) is 6.29. The Hall–Kier alpha value is -2.60. The summed E-state index contributed by atoms with van der Waals surface area (Å²) < 4.78 is 21.4. The molecule has 134 valence electrons. The number of hydrogen-bond acceptors (Lipinski definition) is 3. The number of halogens is 2. The minimum absolute atomic E-state index is 0.00250. The molecule has 3 heterocycles. The van der Waals surface area contributed by atoms with E-state index in [1.807, 2.05) is 29.7 Å². The third kappa shape index (κ3) is 2.61. The highest BCUT2D eigenvalue weighted by molar-refractivity contribution is 6.32. The molecule has 1 amide bonds. The highest BCUT2D eigenvalue weighted by Gasteiger charge is 2.30. The number of amides is 1. The van der Waals surface area contributed by atoms with Gasteiger partial charge in [-0.15, -0.1) is 0 Å². The van der Waals surface area contributed by atoms with Crippen LogP contribution < -0.4 is 10.1 Å². The van der Waals surface area contributed by atoms with Gasteiger partial charge in [-0.3, -0.25) is 4.79 Å². The number of nitrogens with zero attached hydrogens (tertiary/aromatic N) is 2. The monoisotopic (exact) mass is 373 g/mol. The van der Waals surface area contributed by atoms with E-state index in [4.69, 9.17) is 21.3 Å². The number of aryl methyl sites for hydroxylation is 1. The number of aromatic nitrogens is 2. The summed E-state index contributed by atoms with van der Waals surface area (Å²) in [6.07, 6.45) is 2.11. The zero-order chi connectivity index (χ0) is 18.4. The van der Waals surface area contributed by atoms with Gasteiger partial charge in [-0.1, -0.05) is 17.7 Å². The molecule has 1 aromatic carbocycles. The minimum Gasteiger partial charge on any atom is -0.492 e. The molecule has 1 N–H and O–H groups in total. The lowest BCUT2D eigenvalue weighted by atomic mass is 9.91. The van der Waals surface area contributed by atoms with Crippen LogP contribution in [-0.4, -0.2) is 22.4 Å². The van der Waals surface area contributed by atoms with Crippen molar-refractivity contribution >= 4 is 23.2 Å². The van der Waals surface area contributed by atoms with Gasteiger partial charge in [0.15, 0.2) is 11.6 Å². The molecule has 1 atom stereocenters. The van der Waals surface area contributed by atoms with Crippen LogP contribution in [0.3, 0.4) is 0 Å². The van der Waals surface area contributed by atoms with Crippen LogP contribution in [-0.2, 0) is 11.3 Å². The van der Waals surface area contributed by atoms with Gasteiger partial charge in [0.2, 0.25) is 5.91 Å². The summed E-state index contributed by atoms with van der Waals surface area (Å²) in [5.41, 5.74) is 4.14. The van der Waals surface area contributed by atoms with E-state index < -0.39 is 5.82 Å². The summed E-state index contributed by atoms with van der Waals surface area (Å²) in [5.74, 6) is -1.02. The quantitative estimate of drug-likeness (QED) is 0.746. The van der Waals surface area contributed by atoms with Gasteiger partial charge in [0, 0.05) is 18.5 Å². The summed E-state index contributed by atoms with van der Waals surface area (Å²) in [4.78, 5) is 16.9. The Balaban J connectivity index is 1.96. The number of methoxy groups -OCH3 is 1. The molecule has 0 saturated carbocycles. The highest BCUT2D eigenvalue weighted by Crippen LogP contribution is 2.38. The minimum atomic E-state index is -0.550. The fraction of sp³-hybridized carbons (Fsp3) is 0.263. The zero-order valence-electron chi connectivity index (χ0n) is 14.3. The molecule has 26 heavy (non-hydrogen) atoms. The second-order valence-corrected chi connectivity index (χ2v) is 6.79. The fourth-order valence-corrected chi connectivity index (χ4v) is 3.85. The predicted octanol–water partition coefficient (Wildman–Crippen LogP) is 3.60. The lowest BCUT2D eigenvalue weighted by Gasteiger charge is -2.17. The second-order valence-electron chi connectivity index (χ2n) is 6.38. The molecule has 3 aromatic rings. The molecule has 0 fully saturated rings. The van der Waals surface area contributed by atoms with Crippen molar-refractivity contribution in [2.75, 3.05) is 7.11 Å². The lowest BCUT2D eigenvalue weighted by Crippen LogP contribution is -2.21. The van der Waals surface area contributed by atoms with E-state index >= 15 is 0 Å². The van der Waals surface area contributed by atoms with Gasteiger partial charge in [-0.2, -0.15) is 0 Å². The van der Waals surface area contributed by atoms with Crippen LogP contribution in [0.5, 0.6) is 5.75 Å². The van der Waals surface area contributed by atoms with Crippen LogP contribution in [0.4, 0.5) is 4.39 Å². The first kappa shape index (κ1) is 16.8. The van der Waals surface area contributed by atoms with E-state index in [1.165, 1.54) is 13.2 Å². The van der Waals surface area contributed by atoms with E-state index in [2.05, 4.69) is 5.32 Å². The molecule has 0 spiro atoms.